The molecule has 0 saturated carbocycles. The van der Waals surface area contributed by atoms with E-state index in [0.29, 0.717) is 23.2 Å². The number of anilines is 4. The Bertz CT molecular complexity index is 549. The molecule has 0 amide bonds. The lowest BCUT2D eigenvalue weighted by Gasteiger charge is -2.14. The molecule has 0 aliphatic carbocycles. The van der Waals surface area contributed by atoms with Crippen molar-refractivity contribution < 1.29 is 0 Å². The molecule has 0 fully saturated rings. The zero-order valence-electron chi connectivity index (χ0n) is 10.6. The van der Waals surface area contributed by atoms with E-state index in [1.807, 2.05) is 24.3 Å². The molecule has 0 atom stereocenters. The molecule has 0 bridgehead atoms. The molecular formula is C14H18N4. The van der Waals surface area contributed by atoms with Crippen molar-refractivity contribution in [2.75, 3.05) is 16.8 Å². The molecule has 0 unspecified atom stereocenters. The lowest BCUT2D eigenvalue weighted by Crippen LogP contribution is -2.03. The summed E-state index contributed by atoms with van der Waals surface area (Å²) in [6.45, 7) is 4.32. The average Bonchev–Trinajstić information content (AvgIpc) is 2.34. The summed E-state index contributed by atoms with van der Waals surface area (Å²) in [5.41, 5.74) is 14.1. The molecule has 18 heavy (non-hydrogen) atoms. The summed E-state index contributed by atoms with van der Waals surface area (Å²) in [4.78, 5) is 4.21. The molecule has 0 radical (unpaired) electrons. The third-order valence-electron chi connectivity index (χ3n) is 2.80. The second-order valence-electron chi connectivity index (χ2n) is 4.54. The van der Waals surface area contributed by atoms with Crippen LogP contribution >= 0.6 is 0 Å². The fourth-order valence-electron chi connectivity index (χ4n) is 1.81. The Morgan fingerprint density at radius 3 is 2.44 bits per heavy atom. The summed E-state index contributed by atoms with van der Waals surface area (Å²) in [7, 11) is 0. The highest BCUT2D eigenvalue weighted by Gasteiger charge is 2.07. The van der Waals surface area contributed by atoms with E-state index >= 15 is 0 Å². The van der Waals surface area contributed by atoms with E-state index in [1.165, 1.54) is 5.56 Å². The Labute approximate surface area is 107 Å². The smallest absolute Gasteiger partial charge is 0.149 e. The van der Waals surface area contributed by atoms with E-state index in [2.05, 4.69) is 30.2 Å². The molecule has 4 nitrogen and oxygen atoms in total. The Morgan fingerprint density at radius 1 is 1.06 bits per heavy atom. The first kappa shape index (κ1) is 12.2. The second-order valence-corrected chi connectivity index (χ2v) is 4.54. The van der Waals surface area contributed by atoms with E-state index in [4.69, 9.17) is 11.5 Å². The monoisotopic (exact) mass is 242 g/mol. The molecule has 94 valence electrons. The van der Waals surface area contributed by atoms with Crippen LogP contribution in [0.15, 0.2) is 36.4 Å². The van der Waals surface area contributed by atoms with E-state index in [9.17, 15) is 0 Å². The van der Waals surface area contributed by atoms with Gasteiger partial charge in [-0.05, 0) is 29.7 Å². The van der Waals surface area contributed by atoms with Gasteiger partial charge in [0.15, 0.2) is 0 Å². The molecule has 0 aliphatic heterocycles. The Balaban J connectivity index is 2.31. The highest BCUT2D eigenvalue weighted by molar-refractivity contribution is 5.67. The topological polar surface area (TPSA) is 77.0 Å². The largest absolute Gasteiger partial charge is 0.396 e. The minimum absolute atomic E-state index is 0.349. The van der Waals surface area contributed by atoms with Gasteiger partial charge in [-0.25, -0.2) is 4.98 Å². The van der Waals surface area contributed by atoms with Crippen molar-refractivity contribution in [3.63, 3.8) is 0 Å². The number of nitrogen functional groups attached to an aromatic ring is 2. The normalized spacial score (nSPS) is 10.6. The number of hydrogen-bond donors (Lipinski definition) is 3. The maximum absolute atomic E-state index is 5.70. The Kier molecular flexibility index (Phi) is 3.37. The molecule has 1 aromatic carbocycles. The van der Waals surface area contributed by atoms with Crippen LogP contribution in [0.2, 0.25) is 0 Å². The summed E-state index contributed by atoms with van der Waals surface area (Å²) in [6.07, 6.45) is 0. The van der Waals surface area contributed by atoms with Gasteiger partial charge in [0, 0.05) is 5.69 Å². The fourth-order valence-corrected chi connectivity index (χ4v) is 1.81. The first-order valence-corrected chi connectivity index (χ1v) is 5.96. The molecule has 2 aromatic rings. The highest BCUT2D eigenvalue weighted by Crippen LogP contribution is 2.27. The summed E-state index contributed by atoms with van der Waals surface area (Å²) in [6, 6.07) is 11.7. The number of benzene rings is 1. The molecule has 1 heterocycles. The third-order valence-corrected chi connectivity index (χ3v) is 2.80. The van der Waals surface area contributed by atoms with Crippen LogP contribution in [-0.2, 0) is 0 Å². The fraction of sp³-hybridized carbons (Fsp3) is 0.214. The lowest BCUT2D eigenvalue weighted by molar-refractivity contribution is 0.869. The van der Waals surface area contributed by atoms with Crippen molar-refractivity contribution in [3.8, 4) is 0 Å². The molecule has 4 heteroatoms. The quantitative estimate of drug-likeness (QED) is 0.772. The summed E-state index contributed by atoms with van der Waals surface area (Å²) >= 11 is 0. The summed E-state index contributed by atoms with van der Waals surface area (Å²) in [5, 5.41) is 3.28. The number of nitrogens with one attached hydrogen (secondary N) is 1. The van der Waals surface area contributed by atoms with Gasteiger partial charge in [-0.2, -0.15) is 0 Å². The number of pyridine rings is 1. The van der Waals surface area contributed by atoms with Crippen molar-refractivity contribution in [3.05, 3.63) is 42.0 Å². The number of aromatic nitrogens is 1. The molecule has 1 aromatic heterocycles. The van der Waals surface area contributed by atoms with E-state index in [0.717, 1.165) is 5.69 Å². The summed E-state index contributed by atoms with van der Waals surface area (Å²) < 4.78 is 0. The highest BCUT2D eigenvalue weighted by atomic mass is 15.0. The standard InChI is InChI=1S/C14H18N4/c1-9(2)10-5-3-4-6-12(10)17-13-8-7-11(15)14(16)18-13/h3-9H,15H2,1-2H3,(H3,16,17,18). The zero-order chi connectivity index (χ0) is 13.1. The van der Waals surface area contributed by atoms with Gasteiger partial charge >= 0.3 is 0 Å². The molecule has 5 N–H and O–H groups in total. The van der Waals surface area contributed by atoms with E-state index in [1.54, 1.807) is 6.07 Å². The lowest BCUT2D eigenvalue weighted by atomic mass is 10.0. The SMILES string of the molecule is CC(C)c1ccccc1Nc1ccc(N)c(N)n1. The predicted molar refractivity (Wildman–Crippen MR) is 76.9 cm³/mol. The van der Waals surface area contributed by atoms with Crippen molar-refractivity contribution in [1.29, 1.82) is 0 Å². The molecule has 0 spiro atoms. The maximum Gasteiger partial charge on any atom is 0.149 e. The maximum atomic E-state index is 5.70. The van der Waals surface area contributed by atoms with E-state index in [-0.39, 0.29) is 0 Å². The van der Waals surface area contributed by atoms with E-state index < -0.39 is 0 Å². The van der Waals surface area contributed by atoms with Crippen LogP contribution < -0.4 is 16.8 Å². The van der Waals surface area contributed by atoms with Crippen molar-refractivity contribution in [2.24, 2.45) is 0 Å². The van der Waals surface area contributed by atoms with Crippen LogP contribution in [0.1, 0.15) is 25.3 Å². The van der Waals surface area contributed by atoms with Gasteiger partial charge in [-0.1, -0.05) is 32.0 Å². The van der Waals surface area contributed by atoms with Gasteiger partial charge in [-0.15, -0.1) is 0 Å². The summed E-state index contributed by atoms with van der Waals surface area (Å²) in [5.74, 6) is 1.50. The van der Waals surface area contributed by atoms with Crippen LogP contribution in [0.25, 0.3) is 0 Å². The van der Waals surface area contributed by atoms with Crippen molar-refractivity contribution in [2.45, 2.75) is 19.8 Å². The van der Waals surface area contributed by atoms with Crippen LogP contribution in [0.5, 0.6) is 0 Å². The van der Waals surface area contributed by atoms with Crippen LogP contribution in [0, 0.1) is 0 Å². The van der Waals surface area contributed by atoms with Crippen LogP contribution in [-0.4, -0.2) is 4.98 Å². The Morgan fingerprint density at radius 2 is 1.78 bits per heavy atom. The van der Waals surface area contributed by atoms with Gasteiger partial charge in [0.25, 0.3) is 0 Å². The number of nitrogens with zero attached hydrogens (tertiary/aromatic N) is 1. The molecule has 2 rings (SSSR count). The zero-order valence-corrected chi connectivity index (χ0v) is 10.6. The predicted octanol–water partition coefficient (Wildman–Crippen LogP) is 3.11. The number of hydrogen-bond acceptors (Lipinski definition) is 4. The minimum atomic E-state index is 0.349. The van der Waals surface area contributed by atoms with Crippen LogP contribution in [0.4, 0.5) is 23.0 Å². The van der Waals surface area contributed by atoms with Gasteiger partial charge in [0.05, 0.1) is 5.69 Å². The van der Waals surface area contributed by atoms with Gasteiger partial charge in [-0.3, -0.25) is 0 Å². The van der Waals surface area contributed by atoms with Crippen LogP contribution in [0.3, 0.4) is 0 Å². The van der Waals surface area contributed by atoms with Gasteiger partial charge < -0.3 is 16.8 Å². The first-order valence-electron chi connectivity index (χ1n) is 5.96. The Hall–Kier alpha value is -2.23. The van der Waals surface area contributed by atoms with Gasteiger partial charge in [0.2, 0.25) is 0 Å². The average molecular weight is 242 g/mol. The molecular weight excluding hydrogens is 224 g/mol. The second kappa shape index (κ2) is 4.96. The first-order chi connectivity index (χ1) is 8.58. The minimum Gasteiger partial charge on any atom is -0.396 e. The van der Waals surface area contributed by atoms with Crippen molar-refractivity contribution >= 4 is 23.0 Å². The van der Waals surface area contributed by atoms with Gasteiger partial charge in [0.1, 0.15) is 11.6 Å². The third kappa shape index (κ3) is 2.53. The number of rotatable bonds is 3. The molecule has 0 aliphatic rings. The number of para-hydroxylation sites is 1. The van der Waals surface area contributed by atoms with Crippen molar-refractivity contribution in [1.82, 2.24) is 4.98 Å². The number of nitrogens with two attached hydrogens (primary N) is 2. The molecule has 0 saturated heterocycles.